The standard InChI is InChI=1S/C18H17ClN4O3/c1-21-10-13(16(24)22-8-2-3-9-22)14-15(21)17(25)23(18(26)20-14)12-6-4-11(19)5-7-12/h4-7,10,15H,2-3,8-9H2,1H3. The molecule has 1 saturated heterocycles. The maximum absolute atomic E-state index is 13.0. The van der Waals surface area contributed by atoms with Crippen molar-refractivity contribution in [1.82, 2.24) is 9.80 Å². The highest BCUT2D eigenvalue weighted by Gasteiger charge is 2.46. The molecule has 1 atom stereocenters. The summed E-state index contributed by atoms with van der Waals surface area (Å²) in [5.74, 6) is -0.596. The number of halogens is 1. The van der Waals surface area contributed by atoms with Crippen LogP contribution < -0.4 is 4.90 Å². The van der Waals surface area contributed by atoms with E-state index >= 15 is 0 Å². The number of aliphatic imine (C=N–C) groups is 1. The van der Waals surface area contributed by atoms with Gasteiger partial charge < -0.3 is 9.80 Å². The molecule has 0 N–H and O–H groups in total. The van der Waals surface area contributed by atoms with Crippen LogP contribution in [0.15, 0.2) is 41.0 Å². The molecule has 0 spiro atoms. The van der Waals surface area contributed by atoms with Gasteiger partial charge in [-0.1, -0.05) is 11.6 Å². The number of benzene rings is 1. The van der Waals surface area contributed by atoms with Crippen LogP contribution in [-0.4, -0.2) is 59.5 Å². The third-order valence-electron chi connectivity index (χ3n) is 4.85. The first kappa shape index (κ1) is 16.8. The molecule has 4 rings (SSSR count). The fraction of sp³-hybridized carbons (Fsp3) is 0.333. The van der Waals surface area contributed by atoms with E-state index in [1.54, 1.807) is 47.3 Å². The van der Waals surface area contributed by atoms with Gasteiger partial charge in [0.25, 0.3) is 11.8 Å². The summed E-state index contributed by atoms with van der Waals surface area (Å²) in [5, 5.41) is 0.507. The third-order valence-corrected chi connectivity index (χ3v) is 5.10. The number of likely N-dealkylation sites (N-methyl/N-ethyl adjacent to an activating group) is 1. The number of carbonyl (C=O) groups excluding carboxylic acids is 3. The van der Waals surface area contributed by atoms with Gasteiger partial charge in [-0.3, -0.25) is 9.59 Å². The summed E-state index contributed by atoms with van der Waals surface area (Å²) >= 11 is 5.88. The molecule has 0 saturated carbocycles. The number of imide groups is 1. The summed E-state index contributed by atoms with van der Waals surface area (Å²) in [7, 11) is 1.71. The van der Waals surface area contributed by atoms with Crippen LogP contribution in [0, 0.1) is 0 Å². The van der Waals surface area contributed by atoms with E-state index in [1.807, 2.05) is 0 Å². The second kappa shape index (κ2) is 6.25. The Morgan fingerprint density at radius 1 is 1.15 bits per heavy atom. The summed E-state index contributed by atoms with van der Waals surface area (Å²) < 4.78 is 0. The molecular formula is C18H17ClN4O3. The number of nitrogens with zero attached hydrogens (tertiary/aromatic N) is 4. The summed E-state index contributed by atoms with van der Waals surface area (Å²) in [5.41, 5.74) is 0.974. The Bertz CT molecular complexity index is 856. The van der Waals surface area contributed by atoms with Gasteiger partial charge in [-0.2, -0.15) is 4.99 Å². The van der Waals surface area contributed by atoms with Crippen LogP contribution in [0.2, 0.25) is 5.02 Å². The van der Waals surface area contributed by atoms with E-state index in [4.69, 9.17) is 11.6 Å². The molecule has 26 heavy (non-hydrogen) atoms. The van der Waals surface area contributed by atoms with Crippen molar-refractivity contribution in [1.29, 1.82) is 0 Å². The van der Waals surface area contributed by atoms with Crippen molar-refractivity contribution >= 4 is 40.8 Å². The maximum Gasteiger partial charge on any atom is 0.355 e. The quantitative estimate of drug-likeness (QED) is 0.796. The van der Waals surface area contributed by atoms with Gasteiger partial charge in [-0.05, 0) is 37.1 Å². The van der Waals surface area contributed by atoms with E-state index < -0.39 is 18.0 Å². The van der Waals surface area contributed by atoms with Gasteiger partial charge in [-0.25, -0.2) is 9.69 Å². The van der Waals surface area contributed by atoms with Crippen molar-refractivity contribution < 1.29 is 14.4 Å². The molecule has 4 amide bonds. The molecule has 3 aliphatic rings. The lowest BCUT2D eigenvalue weighted by Gasteiger charge is -2.30. The second-order valence-electron chi connectivity index (χ2n) is 6.54. The van der Waals surface area contributed by atoms with Crippen molar-refractivity contribution in [3.8, 4) is 0 Å². The van der Waals surface area contributed by atoms with Gasteiger partial charge >= 0.3 is 6.03 Å². The molecule has 8 heteroatoms. The summed E-state index contributed by atoms with van der Waals surface area (Å²) in [4.78, 5) is 46.8. The highest BCUT2D eigenvalue weighted by Crippen LogP contribution is 2.30. The van der Waals surface area contributed by atoms with Gasteiger partial charge in [0.1, 0.15) is 0 Å². The zero-order chi connectivity index (χ0) is 18.4. The minimum absolute atomic E-state index is 0.170. The average Bonchev–Trinajstić information content (AvgIpc) is 3.24. The number of rotatable bonds is 2. The Balaban J connectivity index is 1.68. The lowest BCUT2D eigenvalue weighted by Crippen LogP contribution is -2.54. The Morgan fingerprint density at radius 3 is 2.46 bits per heavy atom. The molecule has 0 aromatic heterocycles. The van der Waals surface area contributed by atoms with Crippen LogP contribution in [-0.2, 0) is 9.59 Å². The van der Waals surface area contributed by atoms with E-state index in [0.29, 0.717) is 29.4 Å². The number of amides is 4. The molecule has 1 aromatic carbocycles. The Labute approximate surface area is 155 Å². The number of urea groups is 1. The first-order valence-electron chi connectivity index (χ1n) is 8.43. The van der Waals surface area contributed by atoms with Crippen molar-refractivity contribution in [3.05, 3.63) is 41.1 Å². The molecule has 0 radical (unpaired) electrons. The number of likely N-dealkylation sites (tertiary alicyclic amines) is 1. The second-order valence-corrected chi connectivity index (χ2v) is 6.98. The molecule has 1 unspecified atom stereocenters. The largest absolute Gasteiger partial charge is 0.363 e. The highest BCUT2D eigenvalue weighted by molar-refractivity contribution is 6.39. The summed E-state index contributed by atoms with van der Waals surface area (Å²) in [6, 6.07) is 4.93. The van der Waals surface area contributed by atoms with Crippen LogP contribution >= 0.6 is 11.6 Å². The van der Waals surface area contributed by atoms with Crippen LogP contribution in [0.1, 0.15) is 12.8 Å². The minimum Gasteiger partial charge on any atom is -0.363 e. The maximum atomic E-state index is 13.0. The van der Waals surface area contributed by atoms with Gasteiger partial charge in [0.15, 0.2) is 6.04 Å². The van der Waals surface area contributed by atoms with Crippen molar-refractivity contribution in [3.63, 3.8) is 0 Å². The first-order valence-corrected chi connectivity index (χ1v) is 8.80. The Kier molecular flexibility index (Phi) is 4.03. The van der Waals surface area contributed by atoms with Crippen LogP contribution in [0.4, 0.5) is 10.5 Å². The Hall–Kier alpha value is -2.67. The number of carbonyl (C=O) groups is 3. The first-order chi connectivity index (χ1) is 12.5. The van der Waals surface area contributed by atoms with Crippen molar-refractivity contribution in [2.45, 2.75) is 18.9 Å². The molecule has 1 fully saturated rings. The number of hydrogen-bond donors (Lipinski definition) is 0. The van der Waals surface area contributed by atoms with E-state index in [0.717, 1.165) is 17.7 Å². The van der Waals surface area contributed by atoms with E-state index in [2.05, 4.69) is 4.99 Å². The zero-order valence-corrected chi connectivity index (χ0v) is 14.9. The van der Waals surface area contributed by atoms with Crippen LogP contribution in [0.5, 0.6) is 0 Å². The molecule has 1 aromatic rings. The third kappa shape index (κ3) is 2.59. The fourth-order valence-corrected chi connectivity index (χ4v) is 3.68. The molecular weight excluding hydrogens is 356 g/mol. The summed E-state index contributed by atoms with van der Waals surface area (Å²) in [6.07, 6.45) is 3.54. The molecule has 0 aliphatic carbocycles. The van der Waals surface area contributed by atoms with Gasteiger partial charge in [0.2, 0.25) is 0 Å². The highest BCUT2D eigenvalue weighted by atomic mass is 35.5. The molecule has 0 bridgehead atoms. The smallest absolute Gasteiger partial charge is 0.355 e. The van der Waals surface area contributed by atoms with Crippen LogP contribution in [0.25, 0.3) is 0 Å². The zero-order valence-electron chi connectivity index (χ0n) is 14.2. The minimum atomic E-state index is -0.773. The predicted molar refractivity (Wildman–Crippen MR) is 97.2 cm³/mol. The van der Waals surface area contributed by atoms with Gasteiger partial charge in [-0.15, -0.1) is 0 Å². The molecule has 3 heterocycles. The fourth-order valence-electron chi connectivity index (χ4n) is 3.55. The molecule has 134 valence electrons. The molecule has 3 aliphatic heterocycles. The number of hydrogen-bond acceptors (Lipinski definition) is 4. The van der Waals surface area contributed by atoms with Crippen LogP contribution in [0.3, 0.4) is 0 Å². The number of fused-ring (bicyclic) bond motifs is 1. The topological polar surface area (TPSA) is 73.3 Å². The normalized spacial score (nSPS) is 22.5. The average molecular weight is 373 g/mol. The van der Waals surface area contributed by atoms with Crippen molar-refractivity contribution in [2.24, 2.45) is 4.99 Å². The predicted octanol–water partition coefficient (Wildman–Crippen LogP) is 2.07. The van der Waals surface area contributed by atoms with Gasteiger partial charge in [0.05, 0.1) is 17.0 Å². The summed E-state index contributed by atoms with van der Waals surface area (Å²) in [6.45, 7) is 1.38. The Morgan fingerprint density at radius 2 is 1.81 bits per heavy atom. The number of anilines is 1. The lowest BCUT2D eigenvalue weighted by molar-refractivity contribution is -0.125. The molecule has 7 nitrogen and oxygen atoms in total. The van der Waals surface area contributed by atoms with Gasteiger partial charge in [0, 0.05) is 31.4 Å². The lowest BCUT2D eigenvalue weighted by atomic mass is 10.0. The SMILES string of the molecule is CN1C=C(C(=O)N2CCCC2)C2=NC(=O)N(c3ccc(Cl)cc3)C(=O)C21. The van der Waals surface area contributed by atoms with E-state index in [-0.39, 0.29) is 11.6 Å². The van der Waals surface area contributed by atoms with E-state index in [9.17, 15) is 14.4 Å². The monoisotopic (exact) mass is 372 g/mol. The van der Waals surface area contributed by atoms with E-state index in [1.165, 1.54) is 0 Å². The van der Waals surface area contributed by atoms with Crippen molar-refractivity contribution in [2.75, 3.05) is 25.0 Å².